The second-order valence-corrected chi connectivity index (χ2v) is 15.6. The van der Waals surface area contributed by atoms with Crippen molar-refractivity contribution < 1.29 is 4.42 Å². The number of anilines is 3. The van der Waals surface area contributed by atoms with Crippen molar-refractivity contribution in [3.8, 4) is 39.1 Å². The normalized spacial score (nSPS) is 11.6. The predicted molar refractivity (Wildman–Crippen MR) is 257 cm³/mol. The summed E-state index contributed by atoms with van der Waals surface area (Å²) in [6.07, 6.45) is 0. The summed E-state index contributed by atoms with van der Waals surface area (Å²) in [5.41, 5.74) is 15.1. The molecule has 0 radical (unpaired) electrons. The minimum atomic E-state index is 0.880. The van der Waals surface area contributed by atoms with Crippen LogP contribution >= 0.6 is 0 Å². The van der Waals surface area contributed by atoms with Crippen molar-refractivity contribution in [2.75, 3.05) is 4.90 Å². The maximum atomic E-state index is 6.71. The molecule has 0 saturated heterocycles. The van der Waals surface area contributed by atoms with E-state index in [-0.39, 0.29) is 0 Å². The molecule has 2 heterocycles. The maximum Gasteiger partial charge on any atom is 0.143 e. The monoisotopic (exact) mass is 778 g/mol. The highest BCUT2D eigenvalue weighted by Gasteiger charge is 2.24. The number of fused-ring (bicyclic) bond motifs is 7. The molecular formula is C58H38N2O. The molecular weight excluding hydrogens is 741 g/mol. The number of benzene rings is 10. The first kappa shape index (κ1) is 34.9. The van der Waals surface area contributed by atoms with Gasteiger partial charge in [-0.2, -0.15) is 0 Å². The zero-order valence-corrected chi connectivity index (χ0v) is 33.2. The van der Waals surface area contributed by atoms with Gasteiger partial charge in [0.2, 0.25) is 0 Å². The van der Waals surface area contributed by atoms with E-state index in [0.717, 1.165) is 72.5 Å². The average Bonchev–Trinajstić information content (AvgIpc) is 3.88. The van der Waals surface area contributed by atoms with Crippen LogP contribution in [-0.2, 0) is 0 Å². The van der Waals surface area contributed by atoms with Crippen LogP contribution in [-0.4, -0.2) is 4.57 Å². The molecule has 0 saturated carbocycles. The lowest BCUT2D eigenvalue weighted by Gasteiger charge is -2.30. The predicted octanol–water partition coefficient (Wildman–Crippen LogP) is 16.3. The summed E-state index contributed by atoms with van der Waals surface area (Å²) >= 11 is 0. The topological polar surface area (TPSA) is 21.3 Å². The first-order valence-electron chi connectivity index (χ1n) is 20.8. The zero-order chi connectivity index (χ0) is 40.3. The Balaban J connectivity index is 1.16. The smallest absolute Gasteiger partial charge is 0.143 e. The molecule has 0 atom stereocenters. The number of hydrogen-bond donors (Lipinski definition) is 0. The molecule has 0 fully saturated rings. The number of rotatable bonds is 7. The fourth-order valence-corrected chi connectivity index (χ4v) is 9.44. The standard InChI is InChI=1S/C58H38N2O/c1-3-17-40(18-4-1)52-37-41(45-27-15-20-39-19-7-8-23-44(39)45)33-36-55(52)60(43-34-35-48-46-24-9-12-30-53(46)59(56(48)38-43)42-21-5-2-6-22-42)54-31-13-10-25-47(54)50-28-16-29-51-49-26-11-14-32-57(49)61-58(50)51/h1-38H. The van der Waals surface area contributed by atoms with Gasteiger partial charge in [0.15, 0.2) is 0 Å². The molecule has 0 aliphatic rings. The van der Waals surface area contributed by atoms with Crippen molar-refractivity contribution in [3.63, 3.8) is 0 Å². The third kappa shape index (κ3) is 5.74. The third-order valence-electron chi connectivity index (χ3n) is 12.2. The van der Waals surface area contributed by atoms with Gasteiger partial charge < -0.3 is 13.9 Å². The molecule has 0 aliphatic heterocycles. The van der Waals surface area contributed by atoms with Crippen molar-refractivity contribution in [2.45, 2.75) is 0 Å². The highest BCUT2D eigenvalue weighted by atomic mass is 16.3. The molecule has 2 aromatic heterocycles. The van der Waals surface area contributed by atoms with E-state index < -0.39 is 0 Å². The molecule has 12 aromatic rings. The summed E-state index contributed by atoms with van der Waals surface area (Å²) in [7, 11) is 0. The van der Waals surface area contributed by atoms with Gasteiger partial charge >= 0.3 is 0 Å². The molecule has 3 heteroatoms. The van der Waals surface area contributed by atoms with Gasteiger partial charge in [0.25, 0.3) is 0 Å². The third-order valence-corrected chi connectivity index (χ3v) is 12.2. The Morgan fingerprint density at radius 3 is 1.85 bits per heavy atom. The van der Waals surface area contributed by atoms with Gasteiger partial charge in [-0.1, -0.05) is 176 Å². The van der Waals surface area contributed by atoms with Crippen LogP contribution in [0.15, 0.2) is 235 Å². The fourth-order valence-electron chi connectivity index (χ4n) is 9.44. The van der Waals surface area contributed by atoms with Crippen molar-refractivity contribution >= 4 is 71.6 Å². The van der Waals surface area contributed by atoms with E-state index in [1.54, 1.807) is 0 Å². The van der Waals surface area contributed by atoms with E-state index in [4.69, 9.17) is 4.42 Å². The number of para-hydroxylation sites is 5. The molecule has 0 N–H and O–H groups in total. The van der Waals surface area contributed by atoms with Crippen molar-refractivity contribution in [1.82, 2.24) is 4.57 Å². The average molecular weight is 779 g/mol. The Kier molecular flexibility index (Phi) is 8.17. The van der Waals surface area contributed by atoms with E-state index in [1.165, 1.54) is 38.2 Å². The van der Waals surface area contributed by atoms with Crippen LogP contribution in [0.2, 0.25) is 0 Å². The van der Waals surface area contributed by atoms with Crippen molar-refractivity contribution in [2.24, 2.45) is 0 Å². The molecule has 0 aliphatic carbocycles. The quantitative estimate of drug-likeness (QED) is 0.161. The lowest BCUT2D eigenvalue weighted by Crippen LogP contribution is -2.13. The molecule has 0 spiro atoms. The minimum absolute atomic E-state index is 0.880. The molecule has 0 unspecified atom stereocenters. The van der Waals surface area contributed by atoms with Crippen LogP contribution < -0.4 is 4.90 Å². The molecule has 0 bridgehead atoms. The first-order valence-corrected chi connectivity index (χ1v) is 20.8. The Labute approximate surface area is 353 Å². The van der Waals surface area contributed by atoms with Gasteiger partial charge in [0.1, 0.15) is 11.2 Å². The van der Waals surface area contributed by atoms with Crippen LogP contribution in [0.25, 0.3) is 93.6 Å². The van der Waals surface area contributed by atoms with Gasteiger partial charge in [0.05, 0.1) is 22.4 Å². The Bertz CT molecular complexity index is 3590. The largest absolute Gasteiger partial charge is 0.455 e. The molecule has 12 rings (SSSR count). The Hall–Kier alpha value is -8.14. The fraction of sp³-hybridized carbons (Fsp3) is 0. The highest BCUT2D eigenvalue weighted by molar-refractivity contribution is 6.13. The van der Waals surface area contributed by atoms with Gasteiger partial charge in [-0.15, -0.1) is 0 Å². The van der Waals surface area contributed by atoms with E-state index in [0.29, 0.717) is 0 Å². The van der Waals surface area contributed by atoms with Crippen molar-refractivity contribution in [3.05, 3.63) is 231 Å². The summed E-state index contributed by atoms with van der Waals surface area (Å²) in [6.45, 7) is 0. The van der Waals surface area contributed by atoms with Gasteiger partial charge in [-0.25, -0.2) is 0 Å². The lowest BCUT2D eigenvalue weighted by molar-refractivity contribution is 0.670. The van der Waals surface area contributed by atoms with Crippen LogP contribution in [0, 0.1) is 0 Å². The number of furan rings is 1. The minimum Gasteiger partial charge on any atom is -0.455 e. The molecule has 0 amide bonds. The highest BCUT2D eigenvalue weighted by Crippen LogP contribution is 2.49. The maximum absolute atomic E-state index is 6.71. The Morgan fingerprint density at radius 1 is 0.344 bits per heavy atom. The van der Waals surface area contributed by atoms with E-state index >= 15 is 0 Å². The number of hydrogen-bond acceptors (Lipinski definition) is 2. The van der Waals surface area contributed by atoms with Gasteiger partial charge in [-0.05, 0) is 82.1 Å². The molecule has 61 heavy (non-hydrogen) atoms. The second kappa shape index (κ2) is 14.3. The van der Waals surface area contributed by atoms with E-state index in [1.807, 2.05) is 6.07 Å². The van der Waals surface area contributed by atoms with E-state index in [9.17, 15) is 0 Å². The second-order valence-electron chi connectivity index (χ2n) is 15.6. The number of aromatic nitrogens is 1. The summed E-state index contributed by atoms with van der Waals surface area (Å²) < 4.78 is 9.11. The summed E-state index contributed by atoms with van der Waals surface area (Å²) in [5.74, 6) is 0. The zero-order valence-electron chi connectivity index (χ0n) is 33.2. The van der Waals surface area contributed by atoms with E-state index in [2.05, 4.69) is 234 Å². The molecule has 10 aromatic carbocycles. The van der Waals surface area contributed by atoms with Crippen LogP contribution in [0.5, 0.6) is 0 Å². The van der Waals surface area contributed by atoms with Crippen LogP contribution in [0.4, 0.5) is 17.1 Å². The summed E-state index contributed by atoms with van der Waals surface area (Å²) in [4.78, 5) is 2.46. The van der Waals surface area contributed by atoms with Gasteiger partial charge in [-0.3, -0.25) is 0 Å². The van der Waals surface area contributed by atoms with Crippen molar-refractivity contribution in [1.29, 1.82) is 0 Å². The van der Waals surface area contributed by atoms with Gasteiger partial charge in [0, 0.05) is 49.6 Å². The van der Waals surface area contributed by atoms with Crippen LogP contribution in [0.1, 0.15) is 0 Å². The SMILES string of the molecule is c1ccc(-c2cc(-c3cccc4ccccc34)ccc2N(c2ccc3c4ccccc4n(-c4ccccc4)c3c2)c2ccccc2-c2cccc3c2oc2ccccc23)cc1. The molecule has 3 nitrogen and oxygen atoms in total. The number of nitrogens with zero attached hydrogens (tertiary/aromatic N) is 2. The Morgan fingerprint density at radius 2 is 0.967 bits per heavy atom. The lowest BCUT2D eigenvalue weighted by atomic mass is 9.93. The first-order chi connectivity index (χ1) is 30.3. The summed E-state index contributed by atoms with van der Waals surface area (Å²) in [5, 5.41) is 7.11. The summed E-state index contributed by atoms with van der Waals surface area (Å²) in [6, 6.07) is 83.0. The van der Waals surface area contributed by atoms with Crippen LogP contribution in [0.3, 0.4) is 0 Å². The molecule has 286 valence electrons.